The van der Waals surface area contributed by atoms with E-state index in [1.54, 1.807) is 0 Å². The number of nitrogens with zero attached hydrogens (tertiary/aromatic N) is 5. The number of aromatic nitrogens is 5. The maximum absolute atomic E-state index is 5.51. The molecule has 74 heavy (non-hydrogen) atoms. The summed E-state index contributed by atoms with van der Waals surface area (Å²) in [5.41, 5.74) is 16.0. The van der Waals surface area contributed by atoms with Crippen LogP contribution in [0.4, 0.5) is 0 Å². The SMILES string of the molecule is CC(C)c1ccc2c(c1)-c1cc3c4ccccc4c4cc(-c5nc(-c6ccccc6)nc(-c6cc(-n7c8ccccc8c8ccccc87)cc(-n7c8ccccc8c8ccccc87)c6)n5)ccc4c3cc1C2(C)C. The summed E-state index contributed by atoms with van der Waals surface area (Å²) in [5.74, 6) is 2.29. The van der Waals surface area contributed by atoms with Crippen LogP contribution in [-0.2, 0) is 5.41 Å². The van der Waals surface area contributed by atoms with E-state index in [1.165, 1.54) is 81.7 Å². The monoisotopic (exact) mass is 947 g/mol. The van der Waals surface area contributed by atoms with Gasteiger partial charge in [0.05, 0.1) is 22.1 Å². The summed E-state index contributed by atoms with van der Waals surface area (Å²) in [6.07, 6.45) is 0. The van der Waals surface area contributed by atoms with Crippen LogP contribution in [0, 0.1) is 0 Å². The van der Waals surface area contributed by atoms with Crippen molar-refractivity contribution in [3.8, 4) is 56.7 Å². The number of benzene rings is 11. The molecule has 0 radical (unpaired) electrons. The Morgan fingerprint density at radius 3 is 1.30 bits per heavy atom. The molecule has 5 nitrogen and oxygen atoms in total. The summed E-state index contributed by atoms with van der Waals surface area (Å²) < 4.78 is 4.78. The predicted octanol–water partition coefficient (Wildman–Crippen LogP) is 18.0. The third-order valence-electron chi connectivity index (χ3n) is 16.1. The lowest BCUT2D eigenvalue weighted by atomic mass is 9.81. The van der Waals surface area contributed by atoms with E-state index in [0.29, 0.717) is 23.4 Å². The first-order chi connectivity index (χ1) is 36.3. The molecule has 11 aromatic carbocycles. The number of hydrogen-bond donors (Lipinski definition) is 0. The van der Waals surface area contributed by atoms with Crippen LogP contribution in [0.2, 0.25) is 0 Å². The second-order valence-electron chi connectivity index (χ2n) is 21.0. The summed E-state index contributed by atoms with van der Waals surface area (Å²) in [7, 11) is 0. The lowest BCUT2D eigenvalue weighted by Crippen LogP contribution is -2.15. The molecule has 0 fully saturated rings. The van der Waals surface area contributed by atoms with Crippen molar-refractivity contribution in [2.24, 2.45) is 0 Å². The first-order valence-electron chi connectivity index (χ1n) is 25.8. The highest BCUT2D eigenvalue weighted by atomic mass is 15.0. The van der Waals surface area contributed by atoms with Crippen LogP contribution >= 0.6 is 0 Å². The quantitative estimate of drug-likeness (QED) is 0.156. The van der Waals surface area contributed by atoms with Gasteiger partial charge >= 0.3 is 0 Å². The first-order valence-corrected chi connectivity index (χ1v) is 25.8. The molecule has 350 valence electrons. The van der Waals surface area contributed by atoms with Crippen molar-refractivity contribution in [3.63, 3.8) is 0 Å². The van der Waals surface area contributed by atoms with Crippen molar-refractivity contribution in [2.75, 3.05) is 0 Å². The van der Waals surface area contributed by atoms with Gasteiger partial charge < -0.3 is 9.13 Å². The minimum absolute atomic E-state index is 0.137. The minimum Gasteiger partial charge on any atom is -0.309 e. The van der Waals surface area contributed by atoms with Gasteiger partial charge in [0.15, 0.2) is 17.5 Å². The van der Waals surface area contributed by atoms with Crippen LogP contribution in [0.5, 0.6) is 0 Å². The largest absolute Gasteiger partial charge is 0.309 e. The van der Waals surface area contributed by atoms with Crippen molar-refractivity contribution < 1.29 is 0 Å². The zero-order valence-electron chi connectivity index (χ0n) is 41.6. The molecule has 3 heterocycles. The first kappa shape index (κ1) is 42.5. The minimum atomic E-state index is -0.137. The van der Waals surface area contributed by atoms with Gasteiger partial charge in [-0.15, -0.1) is 0 Å². The molecule has 0 saturated heterocycles. The Labute approximate surface area is 428 Å². The molecule has 5 heteroatoms. The third kappa shape index (κ3) is 6.26. The second-order valence-corrected chi connectivity index (χ2v) is 21.0. The Hall–Kier alpha value is -9.19. The van der Waals surface area contributed by atoms with Crippen molar-refractivity contribution >= 4 is 75.9 Å². The van der Waals surface area contributed by atoms with Gasteiger partial charge in [0.2, 0.25) is 0 Å². The summed E-state index contributed by atoms with van der Waals surface area (Å²) in [6, 6.07) is 79.8. The van der Waals surface area contributed by atoms with Crippen LogP contribution in [0.25, 0.3) is 133 Å². The Morgan fingerprint density at radius 1 is 0.324 bits per heavy atom. The Balaban J connectivity index is 0.977. The Kier molecular flexibility index (Phi) is 9.13. The zero-order chi connectivity index (χ0) is 49.4. The molecule has 0 amide bonds. The molecule has 3 aromatic heterocycles. The fourth-order valence-corrected chi connectivity index (χ4v) is 12.4. The molecular formula is C69H49N5. The van der Waals surface area contributed by atoms with Crippen LogP contribution in [0.3, 0.4) is 0 Å². The highest BCUT2D eigenvalue weighted by Gasteiger charge is 2.36. The van der Waals surface area contributed by atoms with E-state index in [1.807, 2.05) is 6.07 Å². The van der Waals surface area contributed by atoms with Crippen molar-refractivity contribution in [1.82, 2.24) is 24.1 Å². The second kappa shape index (κ2) is 15.9. The molecule has 14 aromatic rings. The molecule has 0 bridgehead atoms. The van der Waals surface area contributed by atoms with E-state index in [0.717, 1.165) is 50.1 Å². The van der Waals surface area contributed by atoms with E-state index in [2.05, 4.69) is 249 Å². The summed E-state index contributed by atoms with van der Waals surface area (Å²) >= 11 is 0. The van der Waals surface area contributed by atoms with Gasteiger partial charge in [-0.25, -0.2) is 15.0 Å². The van der Waals surface area contributed by atoms with E-state index in [4.69, 9.17) is 15.0 Å². The average molecular weight is 948 g/mol. The van der Waals surface area contributed by atoms with E-state index in [9.17, 15) is 0 Å². The van der Waals surface area contributed by atoms with Crippen LogP contribution in [0.1, 0.15) is 50.3 Å². The molecule has 0 saturated carbocycles. The molecule has 0 aliphatic heterocycles. The summed E-state index contributed by atoms with van der Waals surface area (Å²) in [6.45, 7) is 9.33. The van der Waals surface area contributed by atoms with Gasteiger partial charge in [-0.2, -0.15) is 0 Å². The predicted molar refractivity (Wildman–Crippen MR) is 309 cm³/mol. The van der Waals surface area contributed by atoms with Crippen LogP contribution in [-0.4, -0.2) is 24.1 Å². The van der Waals surface area contributed by atoms with E-state index >= 15 is 0 Å². The number of fused-ring (bicyclic) bond motifs is 15. The van der Waals surface area contributed by atoms with Crippen LogP contribution in [0.15, 0.2) is 218 Å². The highest BCUT2D eigenvalue weighted by molar-refractivity contribution is 6.26. The Morgan fingerprint density at radius 2 is 0.757 bits per heavy atom. The van der Waals surface area contributed by atoms with Gasteiger partial charge in [-0.05, 0) is 127 Å². The van der Waals surface area contributed by atoms with Gasteiger partial charge in [-0.1, -0.05) is 185 Å². The lowest BCUT2D eigenvalue weighted by Gasteiger charge is -2.22. The Bertz CT molecular complexity index is 4430. The lowest BCUT2D eigenvalue weighted by molar-refractivity contribution is 0.660. The van der Waals surface area contributed by atoms with Crippen LogP contribution < -0.4 is 0 Å². The van der Waals surface area contributed by atoms with Gasteiger partial charge in [0.1, 0.15) is 0 Å². The molecule has 0 unspecified atom stereocenters. The molecule has 1 aliphatic rings. The van der Waals surface area contributed by atoms with Gasteiger partial charge in [-0.3, -0.25) is 0 Å². The highest BCUT2D eigenvalue weighted by Crippen LogP contribution is 2.52. The number of rotatable bonds is 6. The number of hydrogen-bond acceptors (Lipinski definition) is 3. The average Bonchev–Trinajstić information content (AvgIpc) is 4.05. The molecule has 1 aliphatic carbocycles. The third-order valence-corrected chi connectivity index (χ3v) is 16.1. The zero-order valence-corrected chi connectivity index (χ0v) is 41.6. The normalized spacial score (nSPS) is 13.1. The van der Waals surface area contributed by atoms with Crippen molar-refractivity contribution in [3.05, 3.63) is 235 Å². The van der Waals surface area contributed by atoms with Gasteiger partial charge in [0, 0.05) is 55.0 Å². The maximum Gasteiger partial charge on any atom is 0.164 e. The van der Waals surface area contributed by atoms with E-state index in [-0.39, 0.29) is 5.41 Å². The maximum atomic E-state index is 5.51. The fraction of sp³-hybridized carbons (Fsp3) is 0.0870. The molecule has 0 N–H and O–H groups in total. The van der Waals surface area contributed by atoms with Crippen molar-refractivity contribution in [1.29, 1.82) is 0 Å². The van der Waals surface area contributed by atoms with E-state index < -0.39 is 0 Å². The smallest absolute Gasteiger partial charge is 0.164 e. The number of para-hydroxylation sites is 4. The van der Waals surface area contributed by atoms with Crippen molar-refractivity contribution in [2.45, 2.75) is 39.0 Å². The molecule has 0 atom stereocenters. The summed E-state index contributed by atoms with van der Waals surface area (Å²) in [4.78, 5) is 16.2. The molecule has 0 spiro atoms. The summed E-state index contributed by atoms with van der Waals surface area (Å²) in [5, 5.41) is 12.2. The van der Waals surface area contributed by atoms with Gasteiger partial charge in [0.25, 0.3) is 0 Å². The molecular weight excluding hydrogens is 899 g/mol. The molecule has 15 rings (SSSR count). The topological polar surface area (TPSA) is 48.5 Å². The fourth-order valence-electron chi connectivity index (χ4n) is 12.4. The standard InChI is InChI=1S/C69H49N5/c1-41(2)43-31-33-60-58(36-43)59-39-56-49-21-9-8-20-48(49)55-37-44(30-32-50(55)57(56)40-61(59)69(60,3)4)67-70-66(42-18-6-5-7-19-42)71-68(72-67)45-34-46(73-62-26-14-10-22-51(62)52-23-11-15-27-63(52)73)38-47(35-45)74-64-28-16-12-24-53(64)54-25-13-17-29-65(54)74/h5-41H,1-4H3.